The molecule has 0 aliphatic heterocycles. The van der Waals surface area contributed by atoms with Gasteiger partial charge < -0.3 is 9.47 Å². The number of carbonyl (C=O) groups excluding carboxylic acids is 1. The van der Waals surface area contributed by atoms with Gasteiger partial charge in [-0.25, -0.2) is 0 Å². The molecule has 0 atom stereocenters. The first kappa shape index (κ1) is 17.3. The van der Waals surface area contributed by atoms with Crippen LogP contribution in [0.2, 0.25) is 0 Å². The second-order valence-electron chi connectivity index (χ2n) is 6.31. The summed E-state index contributed by atoms with van der Waals surface area (Å²) in [5.41, 5.74) is 5.27. The van der Waals surface area contributed by atoms with Gasteiger partial charge in [0.05, 0.1) is 0 Å². The highest BCUT2D eigenvalue weighted by Crippen LogP contribution is 2.29. The molecule has 2 aromatic carbocycles. The first-order chi connectivity index (χ1) is 12.1. The largest absolute Gasteiger partial charge is 0.337 e. The zero-order valence-electron chi connectivity index (χ0n) is 15.5. The lowest BCUT2D eigenvalue weighted by Gasteiger charge is -2.22. The molecule has 3 aromatic rings. The average molecular weight is 334 g/mol. The molecule has 0 fully saturated rings. The number of aryl methyl sites for hydroxylation is 3. The van der Waals surface area contributed by atoms with Crippen molar-refractivity contribution in [2.75, 3.05) is 11.4 Å². The van der Waals surface area contributed by atoms with Crippen LogP contribution in [-0.2, 0) is 13.0 Å². The van der Waals surface area contributed by atoms with Gasteiger partial charge in [0, 0.05) is 29.7 Å². The third-order valence-electron chi connectivity index (χ3n) is 4.94. The molecule has 0 bridgehead atoms. The Hall–Kier alpha value is -2.55. The van der Waals surface area contributed by atoms with Gasteiger partial charge in [-0.2, -0.15) is 0 Å². The maximum atomic E-state index is 13.4. The van der Waals surface area contributed by atoms with Crippen LogP contribution in [0.5, 0.6) is 0 Å². The Labute approximate surface area is 149 Å². The molecule has 0 aliphatic rings. The highest BCUT2D eigenvalue weighted by Gasteiger charge is 2.24. The van der Waals surface area contributed by atoms with Crippen molar-refractivity contribution in [3.8, 4) is 0 Å². The van der Waals surface area contributed by atoms with Gasteiger partial charge in [0.2, 0.25) is 0 Å². The molecule has 3 nitrogen and oxygen atoms in total. The van der Waals surface area contributed by atoms with Crippen LogP contribution in [0.4, 0.5) is 5.69 Å². The molecular formula is C22H26N2O. The molecule has 0 radical (unpaired) electrons. The minimum absolute atomic E-state index is 0.0716. The number of benzene rings is 2. The van der Waals surface area contributed by atoms with Crippen LogP contribution < -0.4 is 4.90 Å². The number of aromatic nitrogens is 1. The summed E-state index contributed by atoms with van der Waals surface area (Å²) in [7, 11) is 0. The maximum Gasteiger partial charge on any atom is 0.275 e. The van der Waals surface area contributed by atoms with E-state index in [2.05, 4.69) is 43.5 Å². The van der Waals surface area contributed by atoms with Crippen molar-refractivity contribution in [1.29, 1.82) is 0 Å². The van der Waals surface area contributed by atoms with Crippen molar-refractivity contribution in [2.45, 2.75) is 40.7 Å². The van der Waals surface area contributed by atoms with Gasteiger partial charge in [0.15, 0.2) is 0 Å². The molecular weight excluding hydrogens is 308 g/mol. The fraction of sp³-hybridized carbons (Fsp3) is 0.318. The number of anilines is 1. The number of fused-ring (bicyclic) bond motifs is 1. The lowest BCUT2D eigenvalue weighted by atomic mass is 10.1. The Balaban J connectivity index is 2.16. The molecule has 0 aliphatic carbocycles. The maximum absolute atomic E-state index is 13.4. The van der Waals surface area contributed by atoms with Crippen molar-refractivity contribution in [3.63, 3.8) is 0 Å². The Kier molecular flexibility index (Phi) is 4.93. The topological polar surface area (TPSA) is 25.2 Å². The number of para-hydroxylation sites is 1. The van der Waals surface area contributed by atoms with Crippen molar-refractivity contribution in [3.05, 3.63) is 65.4 Å². The van der Waals surface area contributed by atoms with E-state index in [1.165, 1.54) is 10.9 Å². The highest BCUT2D eigenvalue weighted by molar-refractivity contribution is 6.09. The van der Waals surface area contributed by atoms with Crippen LogP contribution in [-0.4, -0.2) is 17.0 Å². The third-order valence-corrected chi connectivity index (χ3v) is 4.94. The third kappa shape index (κ3) is 2.95. The first-order valence-electron chi connectivity index (χ1n) is 9.10. The van der Waals surface area contributed by atoms with Crippen molar-refractivity contribution in [1.82, 2.24) is 4.57 Å². The molecule has 1 aromatic heterocycles. The number of rotatable bonds is 5. The summed E-state index contributed by atoms with van der Waals surface area (Å²) in [6, 6.07) is 16.4. The van der Waals surface area contributed by atoms with Gasteiger partial charge in [-0.05, 0) is 62.6 Å². The molecule has 25 heavy (non-hydrogen) atoms. The summed E-state index contributed by atoms with van der Waals surface area (Å²) in [6.45, 7) is 9.78. The summed E-state index contributed by atoms with van der Waals surface area (Å²) in [5.74, 6) is 0.0716. The van der Waals surface area contributed by atoms with Gasteiger partial charge >= 0.3 is 0 Å². The fourth-order valence-electron chi connectivity index (χ4n) is 3.57. The predicted octanol–water partition coefficient (Wildman–Crippen LogP) is 5.20. The molecule has 0 unspecified atom stereocenters. The number of carbonyl (C=O) groups is 1. The Bertz CT molecular complexity index is 893. The molecule has 3 rings (SSSR count). The minimum atomic E-state index is 0.0716. The van der Waals surface area contributed by atoms with Gasteiger partial charge in [-0.1, -0.05) is 31.2 Å². The van der Waals surface area contributed by atoms with E-state index in [4.69, 9.17) is 0 Å². The summed E-state index contributed by atoms with van der Waals surface area (Å²) in [4.78, 5) is 15.3. The highest BCUT2D eigenvalue weighted by atomic mass is 16.2. The number of hydrogen-bond donors (Lipinski definition) is 0. The average Bonchev–Trinajstić information content (AvgIpc) is 2.94. The van der Waals surface area contributed by atoms with E-state index in [0.29, 0.717) is 6.54 Å². The second kappa shape index (κ2) is 7.14. The minimum Gasteiger partial charge on any atom is -0.337 e. The molecule has 3 heteroatoms. The fourth-order valence-corrected chi connectivity index (χ4v) is 3.57. The van der Waals surface area contributed by atoms with Crippen LogP contribution in [0.25, 0.3) is 10.9 Å². The predicted molar refractivity (Wildman–Crippen MR) is 106 cm³/mol. The van der Waals surface area contributed by atoms with Gasteiger partial charge in [0.1, 0.15) is 5.69 Å². The smallest absolute Gasteiger partial charge is 0.275 e. The summed E-state index contributed by atoms with van der Waals surface area (Å²) in [5, 5.41) is 1.19. The lowest BCUT2D eigenvalue weighted by molar-refractivity contribution is 0.0979. The molecule has 130 valence electrons. The van der Waals surface area contributed by atoms with E-state index >= 15 is 0 Å². The molecule has 0 saturated carbocycles. The first-order valence-corrected chi connectivity index (χ1v) is 9.10. The standard InChI is InChI=1S/C22H26N2O/c1-5-17-13-14-20-19(15-17)16(4)21(24(20)7-3)22(25)23(6-2)18-11-9-8-10-12-18/h8-15H,5-7H2,1-4H3. The van der Waals surface area contributed by atoms with Crippen molar-refractivity contribution >= 4 is 22.5 Å². The molecule has 0 saturated heterocycles. The SMILES string of the molecule is CCc1ccc2c(c1)c(C)c(C(=O)N(CC)c1ccccc1)n2CC. The number of nitrogens with zero attached hydrogens (tertiary/aromatic N) is 2. The monoisotopic (exact) mass is 334 g/mol. The molecule has 0 spiro atoms. The second-order valence-corrected chi connectivity index (χ2v) is 6.31. The van der Waals surface area contributed by atoms with Gasteiger partial charge in [-0.3, -0.25) is 4.79 Å². The summed E-state index contributed by atoms with van der Waals surface area (Å²) in [6.07, 6.45) is 1.00. The quantitative estimate of drug-likeness (QED) is 0.629. The number of hydrogen-bond acceptors (Lipinski definition) is 1. The normalized spacial score (nSPS) is 11.0. The van der Waals surface area contributed by atoms with E-state index in [-0.39, 0.29) is 5.91 Å². The molecule has 0 N–H and O–H groups in total. The lowest BCUT2D eigenvalue weighted by Crippen LogP contribution is -2.32. The van der Waals surface area contributed by atoms with Crippen LogP contribution in [0.1, 0.15) is 42.4 Å². The summed E-state index contributed by atoms with van der Waals surface area (Å²) < 4.78 is 2.15. The molecule has 1 amide bonds. The van der Waals surface area contributed by atoms with Gasteiger partial charge in [0.25, 0.3) is 5.91 Å². The van der Waals surface area contributed by atoms with Crippen LogP contribution in [0, 0.1) is 6.92 Å². The van der Waals surface area contributed by atoms with E-state index in [0.717, 1.165) is 35.4 Å². The Morgan fingerprint density at radius 3 is 2.36 bits per heavy atom. The number of amides is 1. The summed E-state index contributed by atoms with van der Waals surface area (Å²) >= 11 is 0. The Morgan fingerprint density at radius 2 is 1.76 bits per heavy atom. The van der Waals surface area contributed by atoms with E-state index in [1.54, 1.807) is 0 Å². The van der Waals surface area contributed by atoms with E-state index in [9.17, 15) is 4.79 Å². The van der Waals surface area contributed by atoms with Gasteiger partial charge in [-0.15, -0.1) is 0 Å². The van der Waals surface area contributed by atoms with Crippen LogP contribution in [0.15, 0.2) is 48.5 Å². The zero-order chi connectivity index (χ0) is 18.0. The van der Waals surface area contributed by atoms with E-state index < -0.39 is 0 Å². The zero-order valence-corrected chi connectivity index (χ0v) is 15.5. The van der Waals surface area contributed by atoms with Crippen molar-refractivity contribution < 1.29 is 4.79 Å². The van der Waals surface area contributed by atoms with Crippen LogP contribution in [0.3, 0.4) is 0 Å². The Morgan fingerprint density at radius 1 is 1.04 bits per heavy atom. The van der Waals surface area contributed by atoms with Crippen LogP contribution >= 0.6 is 0 Å². The molecule has 1 heterocycles. The van der Waals surface area contributed by atoms with E-state index in [1.807, 2.05) is 42.2 Å². The van der Waals surface area contributed by atoms with Crippen molar-refractivity contribution in [2.24, 2.45) is 0 Å².